The van der Waals surface area contributed by atoms with Crippen molar-refractivity contribution in [2.45, 2.75) is 26.3 Å². The number of hydrogen-bond acceptors (Lipinski definition) is 2. The van der Waals surface area contributed by atoms with Crippen molar-refractivity contribution < 1.29 is 0 Å². The van der Waals surface area contributed by atoms with E-state index >= 15 is 0 Å². The number of nitrogens with zero attached hydrogens (tertiary/aromatic N) is 1. The van der Waals surface area contributed by atoms with E-state index in [1.165, 1.54) is 5.56 Å². The smallest absolute Gasteiger partial charge is 0.129 e. The van der Waals surface area contributed by atoms with Gasteiger partial charge in [-0.25, -0.2) is 4.98 Å². The molecule has 1 aromatic heterocycles. The van der Waals surface area contributed by atoms with E-state index in [9.17, 15) is 0 Å². The predicted molar refractivity (Wildman–Crippen MR) is 55.2 cm³/mol. The van der Waals surface area contributed by atoms with Gasteiger partial charge in [-0.1, -0.05) is 25.4 Å². The van der Waals surface area contributed by atoms with Crippen LogP contribution in [0.2, 0.25) is 5.02 Å². The quantitative estimate of drug-likeness (QED) is 0.747. The molecule has 1 aliphatic heterocycles. The van der Waals surface area contributed by atoms with Crippen LogP contribution in [0.4, 0.5) is 5.82 Å². The molecule has 2 nitrogen and oxygen atoms in total. The second kappa shape index (κ2) is 3.18. The van der Waals surface area contributed by atoms with Crippen LogP contribution in [0.25, 0.3) is 0 Å². The Bertz CT molecular complexity index is 323. The predicted octanol–water partition coefficient (Wildman–Crippen LogP) is 2.73. The summed E-state index contributed by atoms with van der Waals surface area (Å²) >= 11 is 5.86. The van der Waals surface area contributed by atoms with Crippen molar-refractivity contribution in [3.63, 3.8) is 0 Å². The topological polar surface area (TPSA) is 24.9 Å². The molecule has 0 bridgehead atoms. The third kappa shape index (κ3) is 1.63. The number of rotatable bonds is 1. The minimum Gasteiger partial charge on any atom is -0.367 e. The van der Waals surface area contributed by atoms with Crippen molar-refractivity contribution in [3.8, 4) is 0 Å². The lowest BCUT2D eigenvalue weighted by Gasteiger charge is -2.14. The minimum absolute atomic E-state index is 0.515. The van der Waals surface area contributed by atoms with E-state index in [0.717, 1.165) is 17.3 Å². The summed E-state index contributed by atoms with van der Waals surface area (Å²) in [5, 5.41) is 4.12. The molecule has 70 valence electrons. The van der Waals surface area contributed by atoms with Crippen LogP contribution in [-0.2, 0) is 6.42 Å². The lowest BCUT2D eigenvalue weighted by Crippen LogP contribution is -2.22. The van der Waals surface area contributed by atoms with E-state index < -0.39 is 0 Å². The van der Waals surface area contributed by atoms with Gasteiger partial charge in [-0.3, -0.25) is 0 Å². The van der Waals surface area contributed by atoms with Crippen molar-refractivity contribution in [2.24, 2.45) is 5.92 Å². The summed E-state index contributed by atoms with van der Waals surface area (Å²) in [5.74, 6) is 1.64. The van der Waals surface area contributed by atoms with Crippen molar-refractivity contribution in [1.82, 2.24) is 4.98 Å². The molecule has 1 unspecified atom stereocenters. The number of halogens is 1. The first-order chi connectivity index (χ1) is 6.16. The third-order valence-electron chi connectivity index (χ3n) is 2.50. The van der Waals surface area contributed by atoms with Gasteiger partial charge in [0, 0.05) is 12.2 Å². The summed E-state index contributed by atoms with van der Waals surface area (Å²) in [6, 6.07) is 2.51. The molecule has 1 aromatic rings. The van der Waals surface area contributed by atoms with E-state index in [2.05, 4.69) is 24.1 Å². The maximum atomic E-state index is 5.86. The first-order valence-electron chi connectivity index (χ1n) is 4.58. The van der Waals surface area contributed by atoms with Gasteiger partial charge in [0.05, 0.1) is 5.02 Å². The van der Waals surface area contributed by atoms with E-state index in [1.54, 1.807) is 6.20 Å². The number of fused-ring (bicyclic) bond motifs is 1. The fraction of sp³-hybridized carbons (Fsp3) is 0.500. The fourth-order valence-corrected chi connectivity index (χ4v) is 1.81. The normalized spacial score (nSPS) is 20.2. The third-order valence-corrected chi connectivity index (χ3v) is 2.71. The van der Waals surface area contributed by atoms with Crippen molar-refractivity contribution >= 4 is 17.4 Å². The Morgan fingerprint density at radius 3 is 3.08 bits per heavy atom. The largest absolute Gasteiger partial charge is 0.367 e. The first-order valence-corrected chi connectivity index (χ1v) is 4.95. The second-order valence-electron chi connectivity index (χ2n) is 3.86. The van der Waals surface area contributed by atoms with Crippen LogP contribution in [0.5, 0.6) is 0 Å². The highest BCUT2D eigenvalue weighted by Crippen LogP contribution is 2.28. The molecular weight excluding hydrogens is 184 g/mol. The lowest BCUT2D eigenvalue weighted by molar-refractivity contribution is 0.538. The zero-order valence-corrected chi connectivity index (χ0v) is 8.60. The highest BCUT2D eigenvalue weighted by atomic mass is 35.5. The zero-order chi connectivity index (χ0) is 9.42. The molecule has 0 aliphatic carbocycles. The molecule has 13 heavy (non-hydrogen) atoms. The number of hydrogen-bond donors (Lipinski definition) is 1. The zero-order valence-electron chi connectivity index (χ0n) is 7.84. The second-order valence-corrected chi connectivity index (χ2v) is 4.30. The monoisotopic (exact) mass is 196 g/mol. The average molecular weight is 197 g/mol. The lowest BCUT2D eigenvalue weighted by atomic mass is 10.0. The molecule has 0 fully saturated rings. The first kappa shape index (κ1) is 8.82. The van der Waals surface area contributed by atoms with Crippen LogP contribution in [0, 0.1) is 5.92 Å². The molecular formula is C10H13ClN2. The van der Waals surface area contributed by atoms with Crippen molar-refractivity contribution in [3.05, 3.63) is 22.8 Å². The SMILES string of the molecule is CC(C)C1Cc2cc(Cl)cnc2N1. The van der Waals surface area contributed by atoms with Crippen molar-refractivity contribution in [1.29, 1.82) is 0 Å². The van der Waals surface area contributed by atoms with Crippen molar-refractivity contribution in [2.75, 3.05) is 5.32 Å². The molecule has 0 spiro atoms. The van der Waals surface area contributed by atoms with Crippen LogP contribution in [0.3, 0.4) is 0 Å². The molecule has 0 saturated heterocycles. The molecule has 0 radical (unpaired) electrons. The van der Waals surface area contributed by atoms with Gasteiger partial charge in [-0.15, -0.1) is 0 Å². The molecule has 1 N–H and O–H groups in total. The number of aromatic nitrogens is 1. The Kier molecular flexibility index (Phi) is 2.16. The maximum absolute atomic E-state index is 5.86. The van der Waals surface area contributed by atoms with Crippen LogP contribution < -0.4 is 5.32 Å². The summed E-state index contributed by atoms with van der Waals surface area (Å²) in [6.45, 7) is 4.43. The van der Waals surface area contributed by atoms with Gasteiger partial charge in [-0.2, -0.15) is 0 Å². The summed E-state index contributed by atoms with van der Waals surface area (Å²) < 4.78 is 0. The molecule has 0 aromatic carbocycles. The van der Waals surface area contributed by atoms with Crippen LogP contribution in [0.15, 0.2) is 12.3 Å². The van der Waals surface area contributed by atoms with Gasteiger partial charge in [-0.05, 0) is 24.0 Å². The summed E-state index contributed by atoms with van der Waals surface area (Å²) in [7, 11) is 0. The van der Waals surface area contributed by atoms with Gasteiger partial charge in [0.1, 0.15) is 5.82 Å². The molecule has 0 saturated carbocycles. The summed E-state index contributed by atoms with van der Waals surface area (Å²) in [5.41, 5.74) is 1.24. The molecule has 2 rings (SSSR count). The molecule has 3 heteroatoms. The Morgan fingerprint density at radius 1 is 1.62 bits per heavy atom. The van der Waals surface area contributed by atoms with Crippen LogP contribution in [-0.4, -0.2) is 11.0 Å². The molecule has 0 amide bonds. The fourth-order valence-electron chi connectivity index (χ4n) is 1.63. The van der Waals surface area contributed by atoms with Gasteiger partial charge in [0.2, 0.25) is 0 Å². The minimum atomic E-state index is 0.515. The Labute approximate surface area is 83.3 Å². The number of anilines is 1. The van der Waals surface area contributed by atoms with Gasteiger partial charge in [0.25, 0.3) is 0 Å². The van der Waals surface area contributed by atoms with Crippen LogP contribution in [0.1, 0.15) is 19.4 Å². The van der Waals surface area contributed by atoms with Gasteiger partial charge in [0.15, 0.2) is 0 Å². The number of pyridine rings is 1. The van der Waals surface area contributed by atoms with Gasteiger partial charge >= 0.3 is 0 Å². The van der Waals surface area contributed by atoms with Gasteiger partial charge < -0.3 is 5.32 Å². The Hall–Kier alpha value is -0.760. The molecule has 2 heterocycles. The summed E-state index contributed by atoms with van der Waals surface area (Å²) in [4.78, 5) is 4.25. The Morgan fingerprint density at radius 2 is 2.38 bits per heavy atom. The van der Waals surface area contributed by atoms with E-state index in [0.29, 0.717) is 12.0 Å². The standard InChI is InChI=1S/C10H13ClN2/c1-6(2)9-4-7-3-8(11)5-12-10(7)13-9/h3,5-6,9H,4H2,1-2H3,(H,12,13). The highest BCUT2D eigenvalue weighted by molar-refractivity contribution is 6.30. The molecule has 1 atom stereocenters. The number of nitrogens with one attached hydrogen (secondary N) is 1. The maximum Gasteiger partial charge on any atom is 0.129 e. The van der Waals surface area contributed by atoms with E-state index in [-0.39, 0.29) is 0 Å². The Balaban J connectivity index is 2.25. The van der Waals surface area contributed by atoms with E-state index in [4.69, 9.17) is 11.6 Å². The van der Waals surface area contributed by atoms with E-state index in [1.807, 2.05) is 6.07 Å². The molecule has 1 aliphatic rings. The highest BCUT2D eigenvalue weighted by Gasteiger charge is 2.23. The summed E-state index contributed by atoms with van der Waals surface area (Å²) in [6.07, 6.45) is 2.73. The average Bonchev–Trinajstić information content (AvgIpc) is 2.46. The van der Waals surface area contributed by atoms with Crippen LogP contribution >= 0.6 is 11.6 Å².